The summed E-state index contributed by atoms with van der Waals surface area (Å²) in [6, 6.07) is 4.70. The summed E-state index contributed by atoms with van der Waals surface area (Å²) >= 11 is 0. The number of rotatable bonds is 1. The van der Waals surface area contributed by atoms with Crippen molar-refractivity contribution in [2.45, 2.75) is 69.1 Å². The van der Waals surface area contributed by atoms with Crippen LogP contribution in [0.1, 0.15) is 55.9 Å². The highest BCUT2D eigenvalue weighted by atomic mass is 16.3. The van der Waals surface area contributed by atoms with Gasteiger partial charge in [-0.15, -0.1) is 0 Å². The van der Waals surface area contributed by atoms with Gasteiger partial charge < -0.3 is 10.2 Å². The molecule has 3 unspecified atom stereocenters. The lowest BCUT2D eigenvalue weighted by atomic mass is 9.87. The monoisotopic (exact) mass is 246 g/mol. The second kappa shape index (κ2) is 4.10. The predicted molar refractivity (Wildman–Crippen MR) is 70.2 cm³/mol. The summed E-state index contributed by atoms with van der Waals surface area (Å²) in [5, 5.41) is 0. The second-order valence-electron chi connectivity index (χ2n) is 6.27. The van der Waals surface area contributed by atoms with Gasteiger partial charge in [-0.1, -0.05) is 0 Å². The first-order valence-electron chi connectivity index (χ1n) is 7.42. The number of hydrogen-bond donors (Lipinski definition) is 1. The minimum atomic E-state index is 0.436. The maximum absolute atomic E-state index is 6.18. The van der Waals surface area contributed by atoms with Crippen LogP contribution in [0.2, 0.25) is 0 Å². The van der Waals surface area contributed by atoms with Gasteiger partial charge in [0.2, 0.25) is 0 Å². The molecule has 4 rings (SSSR count). The van der Waals surface area contributed by atoms with Crippen molar-refractivity contribution in [1.29, 1.82) is 0 Å². The summed E-state index contributed by atoms with van der Waals surface area (Å²) in [6.45, 7) is 0. The molecule has 2 aliphatic heterocycles. The van der Waals surface area contributed by atoms with E-state index in [2.05, 4.69) is 11.0 Å². The fourth-order valence-corrected chi connectivity index (χ4v) is 4.54. The maximum atomic E-state index is 6.18. The Bertz CT molecular complexity index is 427. The molecule has 18 heavy (non-hydrogen) atoms. The normalized spacial score (nSPS) is 39.8. The number of nitrogens with zero attached hydrogens (tertiary/aromatic N) is 1. The first kappa shape index (κ1) is 11.1. The van der Waals surface area contributed by atoms with Crippen LogP contribution in [0, 0.1) is 0 Å². The number of furan rings is 1. The van der Waals surface area contributed by atoms with E-state index in [0.717, 1.165) is 18.5 Å². The van der Waals surface area contributed by atoms with Crippen molar-refractivity contribution in [2.24, 2.45) is 5.73 Å². The average Bonchev–Trinajstić information content (AvgIpc) is 2.92. The molecule has 0 aromatic carbocycles. The van der Waals surface area contributed by atoms with Crippen molar-refractivity contribution in [3.05, 3.63) is 23.7 Å². The molecule has 0 saturated carbocycles. The number of fused-ring (bicyclic) bond motifs is 3. The molecular formula is C15H22N2O. The molecule has 2 bridgehead atoms. The first-order valence-corrected chi connectivity index (χ1v) is 7.42. The largest absolute Gasteiger partial charge is 0.469 e. The Morgan fingerprint density at radius 2 is 1.94 bits per heavy atom. The average molecular weight is 246 g/mol. The third-order valence-corrected chi connectivity index (χ3v) is 5.21. The smallest absolute Gasteiger partial charge is 0.108 e. The van der Waals surface area contributed by atoms with Crippen molar-refractivity contribution < 1.29 is 4.42 Å². The molecule has 98 valence electrons. The SMILES string of the molecule is NC1CC2CCC(C1)N2C1CCCc2occc21. The van der Waals surface area contributed by atoms with Gasteiger partial charge in [0.1, 0.15) is 5.76 Å². The van der Waals surface area contributed by atoms with Crippen molar-refractivity contribution in [3.63, 3.8) is 0 Å². The molecule has 2 fully saturated rings. The van der Waals surface area contributed by atoms with Gasteiger partial charge >= 0.3 is 0 Å². The molecule has 1 aromatic rings. The molecule has 3 atom stereocenters. The zero-order valence-corrected chi connectivity index (χ0v) is 10.8. The summed E-state index contributed by atoms with van der Waals surface area (Å²) in [6.07, 6.45) is 10.7. The Labute approximate surface area is 108 Å². The minimum absolute atomic E-state index is 0.436. The molecule has 1 aliphatic carbocycles. The fraction of sp³-hybridized carbons (Fsp3) is 0.733. The maximum Gasteiger partial charge on any atom is 0.108 e. The predicted octanol–water partition coefficient (Wildman–Crippen LogP) is 2.61. The zero-order valence-electron chi connectivity index (χ0n) is 10.8. The number of aryl methyl sites for hydroxylation is 1. The summed E-state index contributed by atoms with van der Waals surface area (Å²) < 4.78 is 5.64. The van der Waals surface area contributed by atoms with Gasteiger partial charge in [-0.3, -0.25) is 4.90 Å². The van der Waals surface area contributed by atoms with E-state index in [1.54, 1.807) is 0 Å². The molecular weight excluding hydrogens is 224 g/mol. The molecule has 1 aromatic heterocycles. The van der Waals surface area contributed by atoms with Crippen LogP contribution in [-0.4, -0.2) is 23.0 Å². The molecule has 2 saturated heterocycles. The van der Waals surface area contributed by atoms with E-state index in [0.29, 0.717) is 12.1 Å². The standard InChI is InChI=1S/C15H22N2O/c16-10-8-11-4-5-12(9-10)17(11)14-2-1-3-15-13(14)6-7-18-15/h6-7,10-12,14H,1-5,8-9,16H2. The van der Waals surface area contributed by atoms with E-state index in [1.807, 2.05) is 6.26 Å². The van der Waals surface area contributed by atoms with E-state index in [9.17, 15) is 0 Å². The molecule has 0 radical (unpaired) electrons. The van der Waals surface area contributed by atoms with Gasteiger partial charge in [0.25, 0.3) is 0 Å². The van der Waals surface area contributed by atoms with Gasteiger partial charge in [-0.05, 0) is 44.6 Å². The Morgan fingerprint density at radius 3 is 2.72 bits per heavy atom. The van der Waals surface area contributed by atoms with E-state index in [-0.39, 0.29) is 0 Å². The van der Waals surface area contributed by atoms with E-state index in [4.69, 9.17) is 10.2 Å². The summed E-state index contributed by atoms with van der Waals surface area (Å²) in [5.41, 5.74) is 7.64. The highest BCUT2D eigenvalue weighted by molar-refractivity contribution is 5.25. The van der Waals surface area contributed by atoms with Crippen LogP contribution in [0.3, 0.4) is 0 Å². The molecule has 3 aliphatic rings. The van der Waals surface area contributed by atoms with Crippen molar-refractivity contribution in [2.75, 3.05) is 0 Å². The molecule has 2 N–H and O–H groups in total. The zero-order chi connectivity index (χ0) is 12.1. The fourth-order valence-electron chi connectivity index (χ4n) is 4.54. The van der Waals surface area contributed by atoms with Gasteiger partial charge in [0, 0.05) is 36.2 Å². The Morgan fingerprint density at radius 1 is 1.17 bits per heavy atom. The molecule has 0 amide bonds. The quantitative estimate of drug-likeness (QED) is 0.828. The minimum Gasteiger partial charge on any atom is -0.469 e. The highest BCUT2D eigenvalue weighted by Gasteiger charge is 2.44. The van der Waals surface area contributed by atoms with Crippen LogP contribution in [0.5, 0.6) is 0 Å². The second-order valence-corrected chi connectivity index (χ2v) is 6.27. The van der Waals surface area contributed by atoms with Gasteiger partial charge in [0.15, 0.2) is 0 Å². The summed E-state index contributed by atoms with van der Waals surface area (Å²) in [5.74, 6) is 1.24. The van der Waals surface area contributed by atoms with E-state index in [1.165, 1.54) is 49.8 Å². The molecule has 0 spiro atoms. The lowest BCUT2D eigenvalue weighted by Gasteiger charge is -2.44. The Kier molecular flexibility index (Phi) is 2.52. The topological polar surface area (TPSA) is 42.4 Å². The van der Waals surface area contributed by atoms with Crippen LogP contribution < -0.4 is 5.73 Å². The van der Waals surface area contributed by atoms with Crippen LogP contribution in [-0.2, 0) is 6.42 Å². The van der Waals surface area contributed by atoms with Crippen molar-refractivity contribution in [1.82, 2.24) is 4.90 Å². The molecule has 3 heterocycles. The van der Waals surface area contributed by atoms with Crippen molar-refractivity contribution >= 4 is 0 Å². The van der Waals surface area contributed by atoms with Gasteiger partial charge in [-0.25, -0.2) is 0 Å². The van der Waals surface area contributed by atoms with Crippen LogP contribution >= 0.6 is 0 Å². The van der Waals surface area contributed by atoms with Crippen LogP contribution in [0.15, 0.2) is 16.7 Å². The van der Waals surface area contributed by atoms with E-state index >= 15 is 0 Å². The number of hydrogen-bond acceptors (Lipinski definition) is 3. The van der Waals surface area contributed by atoms with Crippen LogP contribution in [0.4, 0.5) is 0 Å². The first-order chi connectivity index (χ1) is 8.83. The van der Waals surface area contributed by atoms with Gasteiger partial charge in [0.05, 0.1) is 6.26 Å². The highest BCUT2D eigenvalue weighted by Crippen LogP contribution is 2.45. The summed E-state index contributed by atoms with van der Waals surface area (Å²) in [7, 11) is 0. The van der Waals surface area contributed by atoms with Crippen LogP contribution in [0.25, 0.3) is 0 Å². The molecule has 3 heteroatoms. The molecule has 3 nitrogen and oxygen atoms in total. The van der Waals surface area contributed by atoms with Gasteiger partial charge in [-0.2, -0.15) is 0 Å². The number of piperidine rings is 1. The number of nitrogens with two attached hydrogens (primary N) is 1. The lowest BCUT2D eigenvalue weighted by molar-refractivity contribution is 0.0665. The third-order valence-electron chi connectivity index (χ3n) is 5.21. The van der Waals surface area contributed by atoms with E-state index < -0.39 is 0 Å². The summed E-state index contributed by atoms with van der Waals surface area (Å²) in [4.78, 5) is 2.79. The Hall–Kier alpha value is -0.800. The third kappa shape index (κ3) is 1.57. The lowest BCUT2D eigenvalue weighted by Crippen LogP contribution is -2.49. The van der Waals surface area contributed by atoms with Crippen molar-refractivity contribution in [3.8, 4) is 0 Å². The Balaban J connectivity index is 1.66.